The Morgan fingerprint density at radius 1 is 1.09 bits per heavy atom. The molecule has 0 radical (unpaired) electrons. The number of thioether (sulfide) groups is 1. The molecule has 34 heavy (non-hydrogen) atoms. The fourth-order valence-electron chi connectivity index (χ4n) is 3.89. The van der Waals surface area contributed by atoms with Crippen molar-refractivity contribution in [3.63, 3.8) is 0 Å². The molecule has 6 nitrogen and oxygen atoms in total. The van der Waals surface area contributed by atoms with Crippen LogP contribution in [0.25, 0.3) is 0 Å². The summed E-state index contributed by atoms with van der Waals surface area (Å²) in [5.41, 5.74) is 1.76. The summed E-state index contributed by atoms with van der Waals surface area (Å²) in [6, 6.07) is 15.9. The van der Waals surface area contributed by atoms with Crippen LogP contribution in [0.15, 0.2) is 58.3 Å². The van der Waals surface area contributed by atoms with Gasteiger partial charge in [0.25, 0.3) is 5.91 Å². The van der Waals surface area contributed by atoms with Crippen LogP contribution in [0.5, 0.6) is 0 Å². The number of hydrogen-bond donors (Lipinski definition) is 4. The van der Waals surface area contributed by atoms with Crippen molar-refractivity contribution in [3.05, 3.63) is 48.5 Å². The number of carbonyl (C=O) groups excluding carboxylic acids is 1. The standard InChI is InChI=1S/C25H35FN4O2S2/c1-30(2)16-13-19(18-33-20-9-5-3-6-10-20)27-22-12-11-21(17-23(22)28-32)34-29-24(31)25(26)14-7-4-8-15-25/h3,5-6,9-12,17,19,27-28,32H,4,7-8,13-16,18H2,1-2H3,(H,29,31). The van der Waals surface area contributed by atoms with Gasteiger partial charge in [-0.3, -0.25) is 20.2 Å². The third kappa shape index (κ3) is 8.08. The maximum atomic E-state index is 14.9. The number of halogens is 1. The van der Waals surface area contributed by atoms with Crippen LogP contribution in [0.2, 0.25) is 0 Å². The van der Waals surface area contributed by atoms with Crippen molar-refractivity contribution >= 4 is 41.0 Å². The maximum absolute atomic E-state index is 14.9. The molecule has 1 unspecified atom stereocenters. The maximum Gasteiger partial charge on any atom is 0.267 e. The Hall–Kier alpha value is -1.94. The minimum absolute atomic E-state index is 0.176. The van der Waals surface area contributed by atoms with Crippen LogP contribution >= 0.6 is 23.7 Å². The highest BCUT2D eigenvalue weighted by Gasteiger charge is 2.39. The zero-order valence-electron chi connectivity index (χ0n) is 19.9. The summed E-state index contributed by atoms with van der Waals surface area (Å²) < 4.78 is 17.5. The lowest BCUT2D eigenvalue weighted by atomic mass is 9.86. The highest BCUT2D eigenvalue weighted by molar-refractivity contribution is 7.99. The Morgan fingerprint density at radius 3 is 2.50 bits per heavy atom. The first-order valence-electron chi connectivity index (χ1n) is 11.7. The van der Waals surface area contributed by atoms with Crippen LogP contribution in [-0.4, -0.2) is 54.1 Å². The van der Waals surface area contributed by atoms with E-state index in [-0.39, 0.29) is 18.9 Å². The molecular weight excluding hydrogens is 471 g/mol. The van der Waals surface area contributed by atoms with E-state index in [1.54, 1.807) is 17.8 Å². The van der Waals surface area contributed by atoms with Gasteiger partial charge in [-0.2, -0.15) is 0 Å². The van der Waals surface area contributed by atoms with Gasteiger partial charge in [0.2, 0.25) is 0 Å². The molecule has 1 aliphatic carbocycles. The Labute approximate surface area is 210 Å². The highest BCUT2D eigenvalue weighted by Crippen LogP contribution is 2.34. The van der Waals surface area contributed by atoms with Gasteiger partial charge in [0.1, 0.15) is 0 Å². The van der Waals surface area contributed by atoms with Crippen LogP contribution in [-0.2, 0) is 4.79 Å². The van der Waals surface area contributed by atoms with Gasteiger partial charge in [0.15, 0.2) is 5.67 Å². The zero-order chi connectivity index (χ0) is 24.4. The quantitative estimate of drug-likeness (QED) is 0.164. The Bertz CT molecular complexity index is 911. The van der Waals surface area contributed by atoms with Crippen LogP contribution in [0, 0.1) is 0 Å². The Balaban J connectivity index is 1.62. The predicted molar refractivity (Wildman–Crippen MR) is 141 cm³/mol. The monoisotopic (exact) mass is 506 g/mol. The number of nitrogens with zero attached hydrogens (tertiary/aromatic N) is 1. The number of anilines is 2. The van der Waals surface area contributed by atoms with E-state index < -0.39 is 11.6 Å². The lowest BCUT2D eigenvalue weighted by Crippen LogP contribution is -2.42. The minimum Gasteiger partial charge on any atom is -0.380 e. The number of hydrogen-bond acceptors (Lipinski definition) is 7. The SMILES string of the molecule is CN(C)CCC(CSc1ccccc1)Nc1ccc(SNC(=O)C2(F)CCCCC2)cc1NO. The summed E-state index contributed by atoms with van der Waals surface area (Å²) in [5.74, 6) is 0.299. The molecule has 0 spiro atoms. The van der Waals surface area contributed by atoms with Crippen molar-refractivity contribution in [3.8, 4) is 0 Å². The van der Waals surface area contributed by atoms with Gasteiger partial charge in [-0.25, -0.2) is 4.39 Å². The predicted octanol–water partition coefficient (Wildman–Crippen LogP) is 5.81. The number of benzene rings is 2. The molecule has 3 rings (SSSR count). The van der Waals surface area contributed by atoms with E-state index in [0.29, 0.717) is 10.6 Å². The number of amides is 1. The van der Waals surface area contributed by atoms with E-state index in [4.69, 9.17) is 0 Å². The molecule has 0 saturated heterocycles. The summed E-state index contributed by atoms with van der Waals surface area (Å²) in [4.78, 5) is 16.5. The van der Waals surface area contributed by atoms with Crippen molar-refractivity contribution in [1.82, 2.24) is 9.62 Å². The Morgan fingerprint density at radius 2 is 1.82 bits per heavy atom. The average molecular weight is 507 g/mol. The van der Waals surface area contributed by atoms with Crippen molar-refractivity contribution in [2.24, 2.45) is 0 Å². The molecule has 1 saturated carbocycles. The van der Waals surface area contributed by atoms with E-state index in [2.05, 4.69) is 46.6 Å². The van der Waals surface area contributed by atoms with Crippen LogP contribution in [0.1, 0.15) is 38.5 Å². The molecule has 0 heterocycles. The van der Waals surface area contributed by atoms with E-state index in [9.17, 15) is 14.4 Å². The van der Waals surface area contributed by atoms with Gasteiger partial charge in [-0.1, -0.05) is 24.6 Å². The molecule has 0 aliphatic heterocycles. The van der Waals surface area contributed by atoms with Gasteiger partial charge < -0.3 is 10.2 Å². The second kappa shape index (κ2) is 13.2. The molecule has 2 aromatic rings. The van der Waals surface area contributed by atoms with Gasteiger partial charge in [0.05, 0.1) is 11.4 Å². The smallest absolute Gasteiger partial charge is 0.267 e. The molecule has 186 valence electrons. The first-order chi connectivity index (χ1) is 16.4. The van der Waals surface area contributed by atoms with Gasteiger partial charge >= 0.3 is 0 Å². The first-order valence-corrected chi connectivity index (χ1v) is 13.5. The lowest BCUT2D eigenvalue weighted by molar-refractivity contribution is -0.132. The van der Waals surface area contributed by atoms with Gasteiger partial charge in [-0.15, -0.1) is 11.8 Å². The fourth-order valence-corrected chi connectivity index (χ4v) is 5.59. The van der Waals surface area contributed by atoms with Crippen LogP contribution < -0.4 is 15.5 Å². The largest absolute Gasteiger partial charge is 0.380 e. The zero-order valence-corrected chi connectivity index (χ0v) is 21.5. The topological polar surface area (TPSA) is 76.6 Å². The molecule has 0 bridgehead atoms. The third-order valence-electron chi connectivity index (χ3n) is 5.90. The van der Waals surface area contributed by atoms with Gasteiger partial charge in [-0.05, 0) is 95.0 Å². The summed E-state index contributed by atoms with van der Waals surface area (Å²) in [6.07, 6.45) is 3.95. The molecule has 9 heteroatoms. The average Bonchev–Trinajstić information content (AvgIpc) is 2.85. The van der Waals surface area contributed by atoms with E-state index >= 15 is 0 Å². The van der Waals surface area contributed by atoms with Crippen molar-refractivity contribution in [1.29, 1.82) is 0 Å². The second-order valence-electron chi connectivity index (χ2n) is 8.94. The summed E-state index contributed by atoms with van der Waals surface area (Å²) in [6.45, 7) is 0.930. The summed E-state index contributed by atoms with van der Waals surface area (Å²) >= 11 is 2.86. The molecule has 1 amide bonds. The molecular formula is C25H35FN4O2S2. The van der Waals surface area contributed by atoms with Crippen molar-refractivity contribution in [2.45, 2.75) is 60.0 Å². The van der Waals surface area contributed by atoms with E-state index in [0.717, 1.165) is 55.6 Å². The van der Waals surface area contributed by atoms with Crippen LogP contribution in [0.4, 0.5) is 15.8 Å². The van der Waals surface area contributed by atoms with E-state index in [1.165, 1.54) is 4.90 Å². The number of carbonyl (C=O) groups is 1. The molecule has 0 aromatic heterocycles. The second-order valence-corrected chi connectivity index (χ2v) is 10.9. The number of alkyl halides is 1. The molecule has 2 aromatic carbocycles. The number of rotatable bonds is 12. The van der Waals surface area contributed by atoms with E-state index in [1.807, 2.05) is 30.3 Å². The molecule has 1 atom stereocenters. The number of nitrogens with one attached hydrogen (secondary N) is 3. The minimum atomic E-state index is -1.78. The van der Waals surface area contributed by atoms with Gasteiger partial charge in [0, 0.05) is 21.6 Å². The summed E-state index contributed by atoms with van der Waals surface area (Å²) in [7, 11) is 4.11. The molecule has 1 aliphatic rings. The van der Waals surface area contributed by atoms with Crippen molar-refractivity contribution in [2.75, 3.05) is 37.2 Å². The first kappa shape index (κ1) is 26.7. The lowest BCUT2D eigenvalue weighted by Gasteiger charge is -2.27. The molecule has 1 fully saturated rings. The Kier molecular flexibility index (Phi) is 10.4. The summed E-state index contributed by atoms with van der Waals surface area (Å²) in [5, 5.41) is 13.3. The molecule has 4 N–H and O–H groups in total. The van der Waals surface area contributed by atoms with Crippen LogP contribution in [0.3, 0.4) is 0 Å². The highest BCUT2D eigenvalue weighted by atomic mass is 32.2. The van der Waals surface area contributed by atoms with Crippen molar-refractivity contribution < 1.29 is 14.4 Å². The fraction of sp³-hybridized carbons (Fsp3) is 0.480. The normalized spacial score (nSPS) is 16.1. The third-order valence-corrected chi connectivity index (χ3v) is 7.86.